The summed E-state index contributed by atoms with van der Waals surface area (Å²) in [4.78, 5) is 0. The first kappa shape index (κ1) is 13.7. The molecule has 0 atom stereocenters. The van der Waals surface area contributed by atoms with Crippen LogP contribution in [0.1, 0.15) is 0 Å². The molecule has 0 fully saturated rings. The van der Waals surface area contributed by atoms with Crippen LogP contribution in [-0.4, -0.2) is 46.9 Å². The zero-order valence-electron chi connectivity index (χ0n) is 7.58. The molecule has 0 saturated heterocycles. The van der Waals surface area contributed by atoms with Crippen LogP contribution in [0.5, 0.6) is 0 Å². The van der Waals surface area contributed by atoms with Crippen LogP contribution in [0.25, 0.3) is 0 Å². The second-order valence-corrected chi connectivity index (χ2v) is 4.32. The van der Waals surface area contributed by atoms with Crippen molar-refractivity contribution in [2.75, 3.05) is 32.1 Å². The molecule has 3 N–H and O–H groups in total. The van der Waals surface area contributed by atoms with Gasteiger partial charge in [0.1, 0.15) is 6.61 Å². The van der Waals surface area contributed by atoms with Crippen LogP contribution < -0.4 is 10.5 Å². The summed E-state index contributed by atoms with van der Waals surface area (Å²) in [6.07, 6.45) is -2.47. The molecule has 0 aliphatic rings. The smallest absolute Gasteiger partial charge is 0.261 e. The molecular formula is C6H14F2N2O3S. The number of halogens is 2. The maximum absolute atomic E-state index is 11.5. The van der Waals surface area contributed by atoms with Gasteiger partial charge in [-0.1, -0.05) is 0 Å². The summed E-state index contributed by atoms with van der Waals surface area (Å²) in [6, 6.07) is 0. The number of sulfonamides is 1. The third-order valence-electron chi connectivity index (χ3n) is 1.23. The van der Waals surface area contributed by atoms with Crippen molar-refractivity contribution in [3.63, 3.8) is 0 Å². The third kappa shape index (κ3) is 11.7. The molecule has 0 unspecified atom stereocenters. The Morgan fingerprint density at radius 2 is 2.00 bits per heavy atom. The molecule has 14 heavy (non-hydrogen) atoms. The van der Waals surface area contributed by atoms with E-state index in [-0.39, 0.29) is 18.9 Å². The molecule has 86 valence electrons. The lowest BCUT2D eigenvalue weighted by molar-refractivity contribution is 0.0189. The molecule has 0 aliphatic heterocycles. The number of hydrogen-bond acceptors (Lipinski definition) is 4. The van der Waals surface area contributed by atoms with Gasteiger partial charge in [-0.2, -0.15) is 0 Å². The molecule has 0 heterocycles. The van der Waals surface area contributed by atoms with Crippen LogP contribution in [0.15, 0.2) is 0 Å². The van der Waals surface area contributed by atoms with E-state index in [0.717, 1.165) is 0 Å². The van der Waals surface area contributed by atoms with Crippen molar-refractivity contribution < 1.29 is 21.9 Å². The summed E-state index contributed by atoms with van der Waals surface area (Å²) in [7, 11) is -3.45. The predicted molar refractivity (Wildman–Crippen MR) is 47.7 cm³/mol. The second kappa shape index (κ2) is 7.04. The monoisotopic (exact) mass is 232 g/mol. The van der Waals surface area contributed by atoms with E-state index in [0.29, 0.717) is 6.54 Å². The molecule has 0 aliphatic carbocycles. The largest absolute Gasteiger partial charge is 0.374 e. The van der Waals surface area contributed by atoms with Crippen LogP contribution in [0.4, 0.5) is 8.78 Å². The summed E-state index contributed by atoms with van der Waals surface area (Å²) in [5, 5.41) is 7.40. The molecule has 0 aromatic carbocycles. The molecule has 0 aromatic heterocycles. The van der Waals surface area contributed by atoms with E-state index in [1.807, 2.05) is 0 Å². The van der Waals surface area contributed by atoms with Gasteiger partial charge in [-0.05, 0) is 0 Å². The van der Waals surface area contributed by atoms with Crippen molar-refractivity contribution in [1.29, 1.82) is 0 Å². The standard InChI is InChI=1S/C6H14F2N2O3S/c7-6(8)5-13-3-1-10-2-4-14(9,11)12/h6,10H,1-5H2,(H2,9,11,12). The normalized spacial score (nSPS) is 12.3. The molecule has 0 saturated carbocycles. The van der Waals surface area contributed by atoms with Gasteiger partial charge in [0.05, 0.1) is 12.4 Å². The number of nitrogens with one attached hydrogen (secondary N) is 1. The summed E-state index contributed by atoms with van der Waals surface area (Å²) < 4.78 is 48.4. The number of ether oxygens (including phenoxy) is 1. The zero-order chi connectivity index (χ0) is 11.0. The maximum atomic E-state index is 11.5. The lowest BCUT2D eigenvalue weighted by Crippen LogP contribution is -2.29. The Morgan fingerprint density at radius 3 is 2.50 bits per heavy atom. The molecule has 0 bridgehead atoms. The van der Waals surface area contributed by atoms with Gasteiger partial charge < -0.3 is 10.1 Å². The van der Waals surface area contributed by atoms with E-state index < -0.39 is 23.1 Å². The number of alkyl halides is 2. The van der Waals surface area contributed by atoms with Crippen LogP contribution in [-0.2, 0) is 14.8 Å². The van der Waals surface area contributed by atoms with E-state index in [1.54, 1.807) is 0 Å². The van der Waals surface area contributed by atoms with Gasteiger partial charge in [0.15, 0.2) is 0 Å². The fourth-order valence-corrected chi connectivity index (χ4v) is 1.09. The number of nitrogens with two attached hydrogens (primary N) is 1. The average molecular weight is 232 g/mol. The highest BCUT2D eigenvalue weighted by Gasteiger charge is 2.02. The second-order valence-electron chi connectivity index (χ2n) is 2.58. The Hall–Kier alpha value is -0.310. The first-order valence-electron chi connectivity index (χ1n) is 3.99. The Kier molecular flexibility index (Phi) is 6.89. The highest BCUT2D eigenvalue weighted by molar-refractivity contribution is 7.89. The summed E-state index contributed by atoms with van der Waals surface area (Å²) in [5.74, 6) is -0.179. The van der Waals surface area contributed by atoms with Gasteiger partial charge in [0.2, 0.25) is 10.0 Å². The Labute approximate surface area is 81.7 Å². The lowest BCUT2D eigenvalue weighted by Gasteiger charge is -2.04. The minimum Gasteiger partial charge on any atom is -0.374 e. The highest BCUT2D eigenvalue weighted by atomic mass is 32.2. The van der Waals surface area contributed by atoms with Gasteiger partial charge >= 0.3 is 0 Å². The first-order valence-corrected chi connectivity index (χ1v) is 5.70. The van der Waals surface area contributed by atoms with Crippen LogP contribution >= 0.6 is 0 Å². The Bertz CT molecular complexity index is 233. The Balaban J connectivity index is 3.15. The van der Waals surface area contributed by atoms with E-state index in [4.69, 9.17) is 5.14 Å². The SMILES string of the molecule is NS(=O)(=O)CCNCCOCC(F)F. The van der Waals surface area contributed by atoms with Crippen LogP contribution in [0, 0.1) is 0 Å². The molecule has 0 rings (SSSR count). The van der Waals surface area contributed by atoms with Gasteiger partial charge in [-0.25, -0.2) is 22.3 Å². The van der Waals surface area contributed by atoms with Crippen molar-refractivity contribution in [1.82, 2.24) is 5.32 Å². The molecule has 0 spiro atoms. The van der Waals surface area contributed by atoms with Crippen LogP contribution in [0.3, 0.4) is 0 Å². The molecule has 0 aromatic rings. The van der Waals surface area contributed by atoms with Crippen molar-refractivity contribution in [2.24, 2.45) is 5.14 Å². The molecule has 0 amide bonds. The Morgan fingerprint density at radius 1 is 1.36 bits per heavy atom. The molecule has 0 radical (unpaired) electrons. The van der Waals surface area contributed by atoms with E-state index in [2.05, 4.69) is 10.1 Å². The van der Waals surface area contributed by atoms with E-state index >= 15 is 0 Å². The fourth-order valence-electron chi connectivity index (χ4n) is 0.656. The van der Waals surface area contributed by atoms with Gasteiger partial charge in [0.25, 0.3) is 6.43 Å². The summed E-state index contributed by atoms with van der Waals surface area (Å²) >= 11 is 0. The maximum Gasteiger partial charge on any atom is 0.261 e. The summed E-state index contributed by atoms with van der Waals surface area (Å²) in [6.45, 7) is 0.0327. The fraction of sp³-hybridized carbons (Fsp3) is 1.00. The number of rotatable bonds is 8. The molecular weight excluding hydrogens is 218 g/mol. The van der Waals surface area contributed by atoms with Gasteiger partial charge in [-0.3, -0.25) is 0 Å². The molecule has 8 heteroatoms. The minimum atomic E-state index is -3.45. The average Bonchev–Trinajstić information content (AvgIpc) is 2.00. The van der Waals surface area contributed by atoms with E-state index in [9.17, 15) is 17.2 Å². The summed E-state index contributed by atoms with van der Waals surface area (Å²) in [5.41, 5.74) is 0. The van der Waals surface area contributed by atoms with E-state index in [1.165, 1.54) is 0 Å². The third-order valence-corrected chi connectivity index (χ3v) is 2.00. The van der Waals surface area contributed by atoms with Crippen molar-refractivity contribution >= 4 is 10.0 Å². The number of hydrogen-bond donors (Lipinski definition) is 2. The van der Waals surface area contributed by atoms with Gasteiger partial charge in [0, 0.05) is 13.1 Å². The van der Waals surface area contributed by atoms with Crippen molar-refractivity contribution in [3.05, 3.63) is 0 Å². The highest BCUT2D eigenvalue weighted by Crippen LogP contribution is 1.91. The lowest BCUT2D eigenvalue weighted by atomic mass is 10.6. The van der Waals surface area contributed by atoms with Gasteiger partial charge in [-0.15, -0.1) is 0 Å². The predicted octanol–water partition coefficient (Wildman–Crippen LogP) is -0.854. The van der Waals surface area contributed by atoms with Crippen molar-refractivity contribution in [2.45, 2.75) is 6.43 Å². The van der Waals surface area contributed by atoms with Crippen molar-refractivity contribution in [3.8, 4) is 0 Å². The van der Waals surface area contributed by atoms with Crippen LogP contribution in [0.2, 0.25) is 0 Å². The number of primary sulfonamides is 1. The topological polar surface area (TPSA) is 81.4 Å². The first-order chi connectivity index (χ1) is 6.42. The quantitative estimate of drug-likeness (QED) is 0.534. The minimum absolute atomic E-state index is 0.120. The molecule has 5 nitrogen and oxygen atoms in total. The zero-order valence-corrected chi connectivity index (χ0v) is 8.40.